The molecular formula is C36H45N3O2. The number of rotatable bonds is 10. The quantitative estimate of drug-likeness (QED) is 0.258. The average Bonchev–Trinajstić information content (AvgIpc) is 2.99. The van der Waals surface area contributed by atoms with E-state index in [9.17, 15) is 9.90 Å². The van der Waals surface area contributed by atoms with E-state index in [0.29, 0.717) is 31.3 Å². The lowest BCUT2D eigenvalue weighted by molar-refractivity contribution is -0.143. The Morgan fingerprint density at radius 1 is 0.927 bits per heavy atom. The summed E-state index contributed by atoms with van der Waals surface area (Å²) in [6.07, 6.45) is 12.1. The van der Waals surface area contributed by atoms with Crippen molar-refractivity contribution in [2.45, 2.75) is 71.6 Å². The summed E-state index contributed by atoms with van der Waals surface area (Å²) < 4.78 is 0. The third-order valence-electron chi connectivity index (χ3n) is 9.77. The van der Waals surface area contributed by atoms with Crippen LogP contribution in [-0.2, 0) is 11.2 Å². The van der Waals surface area contributed by atoms with Crippen LogP contribution in [0.4, 0.5) is 0 Å². The predicted octanol–water partition coefficient (Wildman–Crippen LogP) is 8.23. The van der Waals surface area contributed by atoms with Crippen LogP contribution in [0.1, 0.15) is 76.3 Å². The van der Waals surface area contributed by atoms with E-state index in [1.165, 1.54) is 37.7 Å². The first-order valence-electron chi connectivity index (χ1n) is 15.5. The zero-order chi connectivity index (χ0) is 28.9. The number of carbonyl (C=O) groups excluding carboxylic acids is 1. The molecule has 2 unspecified atom stereocenters. The van der Waals surface area contributed by atoms with Crippen LogP contribution < -0.4 is 0 Å². The van der Waals surface area contributed by atoms with E-state index in [4.69, 9.17) is 0 Å². The molecule has 0 bridgehead atoms. The van der Waals surface area contributed by atoms with E-state index in [2.05, 4.69) is 85.8 Å². The molecule has 41 heavy (non-hydrogen) atoms. The molecule has 2 atom stereocenters. The van der Waals surface area contributed by atoms with Crippen LogP contribution in [0.3, 0.4) is 0 Å². The Labute approximate surface area is 245 Å². The molecule has 5 nitrogen and oxygen atoms in total. The van der Waals surface area contributed by atoms with Crippen molar-refractivity contribution in [3.8, 4) is 22.5 Å². The smallest absolute Gasteiger partial charge is 0.226 e. The molecule has 1 N–H and O–H groups in total. The van der Waals surface area contributed by atoms with Crippen LogP contribution in [0.5, 0.6) is 0 Å². The van der Waals surface area contributed by atoms with Crippen molar-refractivity contribution < 1.29 is 9.90 Å². The SMILES string of the molecule is C=C(O)C1CN(C(=O)C(Cc2ccc(-c3ncc(-c4ccc(C5CCC(CC)CC5)cc4)cn3)cc2)C(C)CC)C1. The molecule has 2 aliphatic rings. The van der Waals surface area contributed by atoms with Gasteiger partial charge in [0.15, 0.2) is 5.82 Å². The van der Waals surface area contributed by atoms with Gasteiger partial charge in [0, 0.05) is 42.5 Å². The highest BCUT2D eigenvalue weighted by Crippen LogP contribution is 2.37. The van der Waals surface area contributed by atoms with Crippen molar-refractivity contribution >= 4 is 5.91 Å². The Balaban J connectivity index is 1.20. The molecule has 2 heterocycles. The van der Waals surface area contributed by atoms with Crippen LogP contribution in [0.2, 0.25) is 0 Å². The van der Waals surface area contributed by atoms with Gasteiger partial charge >= 0.3 is 0 Å². The van der Waals surface area contributed by atoms with Gasteiger partial charge in [0.1, 0.15) is 0 Å². The summed E-state index contributed by atoms with van der Waals surface area (Å²) in [4.78, 5) is 24.5. The standard InChI is InChI=1S/C36H45N3O2/c1-5-24(3)34(36(41)39-22-33(23-39)25(4)40)19-27-9-13-31(14-10-27)35-37-20-32(21-38-35)30-17-15-29(16-18-30)28-11-7-26(6-2)8-12-28/h9-10,13-18,20-21,24,26,28,33-34,40H,4-8,11-12,19,22-23H2,1-3H3. The van der Waals surface area contributed by atoms with Crippen LogP contribution in [-0.4, -0.2) is 39.0 Å². The highest BCUT2D eigenvalue weighted by molar-refractivity contribution is 5.80. The summed E-state index contributed by atoms with van der Waals surface area (Å²) in [6.45, 7) is 11.4. The van der Waals surface area contributed by atoms with Crippen LogP contribution >= 0.6 is 0 Å². The summed E-state index contributed by atoms with van der Waals surface area (Å²) in [5.74, 6) is 2.89. The first-order valence-corrected chi connectivity index (χ1v) is 15.5. The number of hydrogen-bond donors (Lipinski definition) is 1. The Kier molecular flexibility index (Phi) is 9.22. The lowest BCUT2D eigenvalue weighted by Gasteiger charge is -2.41. The lowest BCUT2D eigenvalue weighted by Crippen LogP contribution is -2.53. The molecule has 216 valence electrons. The summed E-state index contributed by atoms with van der Waals surface area (Å²) in [6, 6.07) is 17.3. The fourth-order valence-corrected chi connectivity index (χ4v) is 6.44. The van der Waals surface area contributed by atoms with Crippen LogP contribution in [0, 0.1) is 23.7 Å². The molecule has 5 heteroatoms. The maximum atomic E-state index is 13.3. The number of nitrogens with zero attached hydrogens (tertiary/aromatic N) is 3. The largest absolute Gasteiger partial charge is 0.513 e. The van der Waals surface area contributed by atoms with Crippen LogP contribution in [0.25, 0.3) is 22.5 Å². The van der Waals surface area contributed by atoms with Crippen molar-refractivity contribution in [1.82, 2.24) is 14.9 Å². The lowest BCUT2D eigenvalue weighted by atomic mass is 9.78. The third-order valence-corrected chi connectivity index (χ3v) is 9.77. The van der Waals surface area contributed by atoms with Gasteiger partial charge in [-0.1, -0.05) is 88.7 Å². The topological polar surface area (TPSA) is 66.3 Å². The minimum Gasteiger partial charge on any atom is -0.513 e. The zero-order valence-electron chi connectivity index (χ0n) is 24.9. The Morgan fingerprint density at radius 2 is 1.54 bits per heavy atom. The monoisotopic (exact) mass is 551 g/mol. The second-order valence-electron chi connectivity index (χ2n) is 12.4. The summed E-state index contributed by atoms with van der Waals surface area (Å²) >= 11 is 0. The molecule has 1 amide bonds. The molecular weight excluding hydrogens is 506 g/mol. The van der Waals surface area contributed by atoms with Gasteiger partial charge in [-0.05, 0) is 66.5 Å². The Morgan fingerprint density at radius 3 is 2.10 bits per heavy atom. The van der Waals surface area contributed by atoms with E-state index >= 15 is 0 Å². The predicted molar refractivity (Wildman–Crippen MR) is 166 cm³/mol. The second-order valence-corrected chi connectivity index (χ2v) is 12.4. The summed E-state index contributed by atoms with van der Waals surface area (Å²) in [7, 11) is 0. The first kappa shape index (κ1) is 29.0. The number of amides is 1. The minimum atomic E-state index is -0.0768. The molecule has 2 fully saturated rings. The van der Waals surface area contributed by atoms with Gasteiger partial charge in [-0.3, -0.25) is 4.79 Å². The highest BCUT2D eigenvalue weighted by atomic mass is 16.3. The maximum Gasteiger partial charge on any atom is 0.226 e. The maximum absolute atomic E-state index is 13.3. The van der Waals surface area contributed by atoms with Crippen molar-refractivity contribution in [2.24, 2.45) is 23.7 Å². The van der Waals surface area contributed by atoms with Crippen LogP contribution in [0.15, 0.2) is 73.3 Å². The van der Waals surface area contributed by atoms with E-state index in [0.717, 1.165) is 34.6 Å². The van der Waals surface area contributed by atoms with Gasteiger partial charge < -0.3 is 10.0 Å². The molecule has 2 aromatic carbocycles. The fourth-order valence-electron chi connectivity index (χ4n) is 6.44. The number of aliphatic hydroxyl groups excluding tert-OH is 1. The average molecular weight is 552 g/mol. The molecule has 1 aromatic heterocycles. The van der Waals surface area contributed by atoms with Crippen molar-refractivity contribution in [3.63, 3.8) is 0 Å². The van der Waals surface area contributed by atoms with Gasteiger partial charge in [-0.2, -0.15) is 0 Å². The number of aromatic nitrogens is 2. The van der Waals surface area contributed by atoms with Gasteiger partial charge in [0.25, 0.3) is 0 Å². The van der Waals surface area contributed by atoms with Gasteiger partial charge in [-0.15, -0.1) is 0 Å². The minimum absolute atomic E-state index is 0.0110. The first-order chi connectivity index (χ1) is 19.9. The second kappa shape index (κ2) is 13.0. The molecule has 5 rings (SSSR count). The fraction of sp³-hybridized carbons (Fsp3) is 0.472. The molecule has 0 radical (unpaired) electrons. The van der Waals surface area contributed by atoms with E-state index < -0.39 is 0 Å². The van der Waals surface area contributed by atoms with E-state index in [1.807, 2.05) is 17.3 Å². The molecule has 1 saturated carbocycles. The number of aliphatic hydroxyl groups is 1. The summed E-state index contributed by atoms with van der Waals surface area (Å²) in [5.41, 5.74) is 5.74. The van der Waals surface area contributed by atoms with Crippen molar-refractivity contribution in [1.29, 1.82) is 0 Å². The molecule has 0 spiro atoms. The number of likely N-dealkylation sites (tertiary alicyclic amines) is 1. The van der Waals surface area contributed by atoms with Crippen molar-refractivity contribution in [2.75, 3.05) is 13.1 Å². The third kappa shape index (κ3) is 6.72. The Hall–Kier alpha value is -3.47. The number of benzene rings is 2. The van der Waals surface area contributed by atoms with E-state index in [1.54, 1.807) is 0 Å². The van der Waals surface area contributed by atoms with Gasteiger partial charge in [0.2, 0.25) is 5.91 Å². The number of hydrogen-bond acceptors (Lipinski definition) is 4. The normalized spacial score (nSPS) is 20.7. The molecule has 1 saturated heterocycles. The van der Waals surface area contributed by atoms with E-state index in [-0.39, 0.29) is 29.4 Å². The van der Waals surface area contributed by atoms with Gasteiger partial charge in [-0.25, -0.2) is 9.97 Å². The summed E-state index contributed by atoms with van der Waals surface area (Å²) in [5, 5.41) is 9.62. The Bertz CT molecular complexity index is 1300. The van der Waals surface area contributed by atoms with Crippen molar-refractivity contribution in [3.05, 3.63) is 84.4 Å². The zero-order valence-corrected chi connectivity index (χ0v) is 24.9. The highest BCUT2D eigenvalue weighted by Gasteiger charge is 2.37. The molecule has 1 aliphatic carbocycles. The molecule has 3 aromatic rings. The van der Waals surface area contributed by atoms with Gasteiger partial charge in [0.05, 0.1) is 11.7 Å². The number of carbonyl (C=O) groups is 1. The molecule has 1 aliphatic heterocycles.